The minimum atomic E-state index is 0.120. The van der Waals surface area contributed by atoms with E-state index in [-0.39, 0.29) is 5.41 Å². The van der Waals surface area contributed by atoms with Crippen LogP contribution in [0.5, 0.6) is 0 Å². The second-order valence-corrected chi connectivity index (χ2v) is 5.95. The number of nitrogens with zero attached hydrogens (tertiary/aromatic N) is 1. The fraction of sp³-hybridized carbons (Fsp3) is 0.471. The SMILES string of the molecule is CCNC(C)CC(C)(C)c1cncc2ccccc12. The van der Waals surface area contributed by atoms with Gasteiger partial charge in [-0.2, -0.15) is 0 Å². The molecule has 102 valence electrons. The quantitative estimate of drug-likeness (QED) is 0.877. The van der Waals surface area contributed by atoms with Gasteiger partial charge in [-0.1, -0.05) is 45.0 Å². The molecule has 0 spiro atoms. The van der Waals surface area contributed by atoms with Crippen LogP contribution in [-0.2, 0) is 5.41 Å². The Morgan fingerprint density at radius 3 is 2.68 bits per heavy atom. The first-order chi connectivity index (χ1) is 9.04. The Morgan fingerprint density at radius 1 is 1.21 bits per heavy atom. The molecule has 2 heteroatoms. The molecule has 1 unspecified atom stereocenters. The number of benzene rings is 1. The van der Waals surface area contributed by atoms with Gasteiger partial charge >= 0.3 is 0 Å². The lowest BCUT2D eigenvalue weighted by atomic mass is 9.78. The van der Waals surface area contributed by atoms with Crippen molar-refractivity contribution in [1.29, 1.82) is 0 Å². The van der Waals surface area contributed by atoms with Crippen molar-refractivity contribution in [3.8, 4) is 0 Å². The molecule has 0 bridgehead atoms. The van der Waals surface area contributed by atoms with Crippen LogP contribution >= 0.6 is 0 Å². The molecular weight excluding hydrogens is 232 g/mol. The summed E-state index contributed by atoms with van der Waals surface area (Å²) in [6, 6.07) is 9.03. The van der Waals surface area contributed by atoms with Crippen molar-refractivity contribution in [3.05, 3.63) is 42.2 Å². The molecular formula is C17H24N2. The second-order valence-electron chi connectivity index (χ2n) is 5.95. The van der Waals surface area contributed by atoms with Crippen LogP contribution in [0.1, 0.15) is 39.7 Å². The van der Waals surface area contributed by atoms with Gasteiger partial charge in [-0.05, 0) is 36.3 Å². The predicted molar refractivity (Wildman–Crippen MR) is 82.5 cm³/mol. The highest BCUT2D eigenvalue weighted by molar-refractivity contribution is 5.85. The molecule has 0 aliphatic carbocycles. The minimum Gasteiger partial charge on any atom is -0.315 e. The largest absolute Gasteiger partial charge is 0.315 e. The van der Waals surface area contributed by atoms with E-state index in [0.29, 0.717) is 6.04 Å². The van der Waals surface area contributed by atoms with Crippen molar-refractivity contribution in [2.75, 3.05) is 6.54 Å². The maximum atomic E-state index is 4.41. The number of hydrogen-bond donors (Lipinski definition) is 1. The average Bonchev–Trinajstić information content (AvgIpc) is 2.37. The van der Waals surface area contributed by atoms with Gasteiger partial charge in [-0.3, -0.25) is 4.98 Å². The summed E-state index contributed by atoms with van der Waals surface area (Å²) >= 11 is 0. The van der Waals surface area contributed by atoms with Crippen LogP contribution in [-0.4, -0.2) is 17.6 Å². The monoisotopic (exact) mass is 256 g/mol. The standard InChI is InChI=1S/C17H24N2/c1-5-19-13(2)10-17(3,4)16-12-18-11-14-8-6-7-9-15(14)16/h6-9,11-13,19H,5,10H2,1-4H3. The summed E-state index contributed by atoms with van der Waals surface area (Å²) in [6.07, 6.45) is 5.08. The predicted octanol–water partition coefficient (Wildman–Crippen LogP) is 3.90. The summed E-state index contributed by atoms with van der Waals surface area (Å²) in [5, 5.41) is 6.05. The Hall–Kier alpha value is -1.41. The Morgan fingerprint density at radius 2 is 1.95 bits per heavy atom. The van der Waals surface area contributed by atoms with E-state index < -0.39 is 0 Å². The number of nitrogens with one attached hydrogen (secondary N) is 1. The number of pyridine rings is 1. The highest BCUT2D eigenvalue weighted by Crippen LogP contribution is 2.33. The first kappa shape index (κ1) is 14.0. The summed E-state index contributed by atoms with van der Waals surface area (Å²) < 4.78 is 0. The normalized spacial score (nSPS) is 13.7. The molecule has 0 saturated heterocycles. The molecule has 1 atom stereocenters. The number of fused-ring (bicyclic) bond motifs is 1. The smallest absolute Gasteiger partial charge is 0.0346 e. The van der Waals surface area contributed by atoms with Gasteiger partial charge in [0.2, 0.25) is 0 Å². The zero-order valence-electron chi connectivity index (χ0n) is 12.4. The highest BCUT2D eigenvalue weighted by atomic mass is 14.9. The van der Waals surface area contributed by atoms with Gasteiger partial charge in [-0.15, -0.1) is 0 Å². The highest BCUT2D eigenvalue weighted by Gasteiger charge is 2.25. The van der Waals surface area contributed by atoms with Crippen LogP contribution in [0.15, 0.2) is 36.7 Å². The Labute approximate surface area is 116 Å². The van der Waals surface area contributed by atoms with Gasteiger partial charge in [0.05, 0.1) is 0 Å². The van der Waals surface area contributed by atoms with Gasteiger partial charge in [0, 0.05) is 23.8 Å². The Kier molecular flexibility index (Phi) is 4.20. The molecule has 1 heterocycles. The summed E-state index contributed by atoms with van der Waals surface area (Å²) in [6.45, 7) is 10.0. The van der Waals surface area contributed by atoms with Crippen molar-refractivity contribution < 1.29 is 0 Å². The summed E-state index contributed by atoms with van der Waals surface area (Å²) in [5.74, 6) is 0. The fourth-order valence-corrected chi connectivity index (χ4v) is 2.95. The molecule has 1 aromatic carbocycles. The van der Waals surface area contributed by atoms with Gasteiger partial charge in [0.1, 0.15) is 0 Å². The molecule has 2 nitrogen and oxygen atoms in total. The van der Waals surface area contributed by atoms with E-state index in [2.05, 4.69) is 62.3 Å². The van der Waals surface area contributed by atoms with Gasteiger partial charge < -0.3 is 5.32 Å². The molecule has 0 fully saturated rings. The molecule has 19 heavy (non-hydrogen) atoms. The summed E-state index contributed by atoms with van der Waals surface area (Å²) in [5.41, 5.74) is 1.46. The summed E-state index contributed by atoms with van der Waals surface area (Å²) in [4.78, 5) is 4.41. The topological polar surface area (TPSA) is 24.9 Å². The second kappa shape index (κ2) is 5.70. The average molecular weight is 256 g/mol. The molecule has 0 amide bonds. The lowest BCUT2D eigenvalue weighted by Crippen LogP contribution is -2.33. The van der Waals surface area contributed by atoms with Crippen molar-refractivity contribution in [1.82, 2.24) is 10.3 Å². The number of rotatable bonds is 5. The zero-order valence-corrected chi connectivity index (χ0v) is 12.4. The third kappa shape index (κ3) is 3.13. The fourth-order valence-electron chi connectivity index (χ4n) is 2.95. The molecule has 0 radical (unpaired) electrons. The minimum absolute atomic E-state index is 0.120. The molecule has 2 rings (SSSR count). The van der Waals surface area contributed by atoms with E-state index in [1.54, 1.807) is 0 Å². The third-order valence-electron chi connectivity index (χ3n) is 3.77. The summed E-state index contributed by atoms with van der Waals surface area (Å²) in [7, 11) is 0. The maximum Gasteiger partial charge on any atom is 0.0346 e. The van der Waals surface area contributed by atoms with E-state index in [1.807, 2.05) is 12.4 Å². The van der Waals surface area contributed by atoms with Crippen molar-refractivity contribution in [3.63, 3.8) is 0 Å². The molecule has 1 N–H and O–H groups in total. The van der Waals surface area contributed by atoms with Crippen LogP contribution in [0, 0.1) is 0 Å². The maximum absolute atomic E-state index is 4.41. The van der Waals surface area contributed by atoms with Gasteiger partial charge in [0.15, 0.2) is 0 Å². The lowest BCUT2D eigenvalue weighted by molar-refractivity contribution is 0.396. The van der Waals surface area contributed by atoms with Crippen molar-refractivity contribution >= 4 is 10.8 Å². The van der Waals surface area contributed by atoms with E-state index in [0.717, 1.165) is 13.0 Å². The molecule has 0 aliphatic rings. The van der Waals surface area contributed by atoms with E-state index >= 15 is 0 Å². The first-order valence-electron chi connectivity index (χ1n) is 7.11. The molecule has 0 saturated carbocycles. The van der Waals surface area contributed by atoms with Crippen LogP contribution in [0.25, 0.3) is 10.8 Å². The van der Waals surface area contributed by atoms with Crippen LogP contribution in [0.2, 0.25) is 0 Å². The van der Waals surface area contributed by atoms with Crippen LogP contribution in [0.3, 0.4) is 0 Å². The Bertz CT molecular complexity index is 540. The first-order valence-corrected chi connectivity index (χ1v) is 7.11. The van der Waals surface area contributed by atoms with E-state index in [1.165, 1.54) is 16.3 Å². The third-order valence-corrected chi connectivity index (χ3v) is 3.77. The lowest BCUT2D eigenvalue weighted by Gasteiger charge is -2.30. The Balaban J connectivity index is 2.37. The van der Waals surface area contributed by atoms with Crippen LogP contribution in [0.4, 0.5) is 0 Å². The number of hydrogen-bond acceptors (Lipinski definition) is 2. The molecule has 1 aromatic heterocycles. The zero-order chi connectivity index (χ0) is 13.9. The van der Waals surface area contributed by atoms with E-state index in [4.69, 9.17) is 0 Å². The van der Waals surface area contributed by atoms with E-state index in [9.17, 15) is 0 Å². The molecule has 2 aromatic rings. The van der Waals surface area contributed by atoms with Gasteiger partial charge in [-0.25, -0.2) is 0 Å². The molecule has 0 aliphatic heterocycles. The van der Waals surface area contributed by atoms with Gasteiger partial charge in [0.25, 0.3) is 0 Å². The number of aromatic nitrogens is 1. The van der Waals surface area contributed by atoms with Crippen LogP contribution < -0.4 is 5.32 Å². The van der Waals surface area contributed by atoms with Crippen molar-refractivity contribution in [2.45, 2.75) is 45.6 Å². The van der Waals surface area contributed by atoms with Crippen molar-refractivity contribution in [2.24, 2.45) is 0 Å².